The molecule has 5 fully saturated rings. The van der Waals surface area contributed by atoms with Crippen molar-refractivity contribution >= 4 is 47.0 Å². The van der Waals surface area contributed by atoms with E-state index in [0.717, 1.165) is 82.6 Å². The predicted molar refractivity (Wildman–Crippen MR) is 288 cm³/mol. The Balaban J connectivity index is 0.000000259. The Labute approximate surface area is 456 Å². The monoisotopic (exact) mass is 1110 g/mol. The zero-order valence-corrected chi connectivity index (χ0v) is 46.3. The molecule has 3 saturated heterocycles. The van der Waals surface area contributed by atoms with E-state index in [1.807, 2.05) is 35.0 Å². The van der Waals surface area contributed by atoms with Crippen LogP contribution in [0.4, 0.5) is 27.8 Å². The van der Waals surface area contributed by atoms with Gasteiger partial charge in [0.2, 0.25) is 17.7 Å². The molecule has 5 N–H and O–H groups in total. The highest BCUT2D eigenvalue weighted by molar-refractivity contribution is 5.93. The zero-order valence-electron chi connectivity index (χ0n) is 46.3. The van der Waals surface area contributed by atoms with Crippen molar-refractivity contribution in [3.63, 3.8) is 0 Å². The first-order chi connectivity index (χ1) is 37.4. The lowest BCUT2D eigenvalue weighted by atomic mass is 9.84. The molecule has 2 saturated carbocycles. The van der Waals surface area contributed by atoms with Crippen LogP contribution >= 0.6 is 0 Å². The first-order valence-electron chi connectivity index (χ1n) is 27.2. The number of hydrogen-bond donors (Lipinski definition) is 4. The second kappa shape index (κ2) is 33.3. The lowest BCUT2D eigenvalue weighted by Gasteiger charge is -2.43. The zero-order chi connectivity index (χ0) is 57.3. The third-order valence-electron chi connectivity index (χ3n) is 15.0. The molecule has 2 aromatic heterocycles. The van der Waals surface area contributed by atoms with Gasteiger partial charge >= 0.3 is 6.18 Å². The van der Waals surface area contributed by atoms with Crippen molar-refractivity contribution in [3.05, 3.63) is 60.7 Å². The number of aldehydes is 2. The summed E-state index contributed by atoms with van der Waals surface area (Å²) < 4.78 is 79.4. The van der Waals surface area contributed by atoms with Crippen molar-refractivity contribution in [2.75, 3.05) is 99.2 Å². The molecule has 3 aromatic rings. The summed E-state index contributed by atoms with van der Waals surface area (Å²) in [5.41, 5.74) is 4.15. The van der Waals surface area contributed by atoms with Crippen LogP contribution in [0.25, 0.3) is 10.9 Å². The van der Waals surface area contributed by atoms with Crippen molar-refractivity contribution in [2.24, 2.45) is 23.5 Å². The number of hydrogen-bond acceptors (Lipinski definition) is 15. The number of nitrogens with zero attached hydrogens (tertiary/aromatic N) is 7. The van der Waals surface area contributed by atoms with Gasteiger partial charge in [0.05, 0.1) is 44.1 Å². The van der Waals surface area contributed by atoms with E-state index in [4.69, 9.17) is 9.47 Å². The van der Waals surface area contributed by atoms with E-state index in [0.29, 0.717) is 69.9 Å². The lowest BCUT2D eigenvalue weighted by molar-refractivity contribution is -0.155. The van der Waals surface area contributed by atoms with E-state index in [9.17, 15) is 45.9 Å². The van der Waals surface area contributed by atoms with Gasteiger partial charge in [0.15, 0.2) is 0 Å². The molecule has 2 aliphatic carbocycles. The molecule has 5 aliphatic rings. The Hall–Kier alpha value is -5.33. The highest BCUT2D eigenvalue weighted by Crippen LogP contribution is 2.38. The quantitative estimate of drug-likeness (QED) is 0.0683. The van der Waals surface area contributed by atoms with Gasteiger partial charge in [-0.15, -0.1) is 0 Å². The van der Waals surface area contributed by atoms with Gasteiger partial charge in [-0.25, -0.2) is 18.7 Å². The maximum absolute atomic E-state index is 14.6. The second-order valence-corrected chi connectivity index (χ2v) is 20.5. The molecular weight excluding hydrogens is 1020 g/mol. The molecule has 23 heteroatoms. The Bertz CT molecular complexity index is 2230. The Morgan fingerprint density at radius 2 is 1.50 bits per heavy atom. The fourth-order valence-electron chi connectivity index (χ4n) is 10.3. The Morgan fingerprint density at radius 1 is 0.859 bits per heavy atom. The van der Waals surface area contributed by atoms with Gasteiger partial charge in [-0.1, -0.05) is 6.07 Å². The number of pyridine rings is 1. The summed E-state index contributed by atoms with van der Waals surface area (Å²) >= 11 is 0. The van der Waals surface area contributed by atoms with Crippen molar-refractivity contribution in [3.8, 4) is 0 Å². The number of fused-ring (bicyclic) bond motifs is 1. The maximum atomic E-state index is 14.6. The van der Waals surface area contributed by atoms with Crippen molar-refractivity contribution in [2.45, 2.75) is 127 Å². The minimum Gasteiger partial charge on any atom is -0.378 e. The van der Waals surface area contributed by atoms with Crippen LogP contribution in [0.15, 0.2) is 55.1 Å². The lowest BCUT2D eigenvalue weighted by Crippen LogP contribution is -2.56. The van der Waals surface area contributed by atoms with Crippen LogP contribution in [0.2, 0.25) is 0 Å². The summed E-state index contributed by atoms with van der Waals surface area (Å²) in [5.74, 6) is -4.59. The standard InChI is InChI=1S/C23H30F3N5O.C20H35F2N3O4.C6H9NO2.C5H5N.CH5N/c1-14(2)30(3)16-5-7-17(8-6-16)31-11-10-20(22(31)32)29-21-18-12-15(23(24,25)26)4-9-19(18)27-13-28-21;1-23-7-10-28-12-13-29-11-8-24-19(27)18-6-9-25(15-20(18,21)22)17-4-2-16(14-26)3-5-17;1-7-3-5(4-8)2-6(7)9;1-2-4-6-5-3-1;1-2/h4,9,12-14,16-17,20H,5-8,10-11H2,1-3H3,(H,27,28,29);14,16-18,23H,2-13,15H2,1H3,(H,24,27);4-5H,2-3H2,1H3;1-5H;2H2,1H3. The molecular formula is C55H84F5N11O7. The number of ether oxygens (including phenoxy) is 2. The van der Waals surface area contributed by atoms with Crippen molar-refractivity contribution in [1.82, 2.24) is 45.2 Å². The van der Waals surface area contributed by atoms with Crippen LogP contribution in [-0.2, 0) is 39.6 Å². The molecule has 0 bridgehead atoms. The molecule has 3 unspecified atom stereocenters. The van der Waals surface area contributed by atoms with E-state index in [1.54, 1.807) is 24.3 Å². The fraction of sp³-hybridized carbons (Fsp3) is 0.673. The predicted octanol–water partition coefficient (Wildman–Crippen LogP) is 5.70. The van der Waals surface area contributed by atoms with E-state index >= 15 is 0 Å². The summed E-state index contributed by atoms with van der Waals surface area (Å²) in [4.78, 5) is 76.8. The van der Waals surface area contributed by atoms with Crippen LogP contribution in [0.1, 0.15) is 90.0 Å². The summed E-state index contributed by atoms with van der Waals surface area (Å²) in [6, 6.07) is 9.98. The summed E-state index contributed by atoms with van der Waals surface area (Å²) in [6.45, 7) is 8.46. The van der Waals surface area contributed by atoms with Gasteiger partial charge in [-0.2, -0.15) is 13.2 Å². The van der Waals surface area contributed by atoms with Gasteiger partial charge in [0.1, 0.15) is 36.7 Å². The number of likely N-dealkylation sites (N-methyl/N-ethyl adjacent to an activating group) is 1. The topological polar surface area (TPSA) is 218 Å². The van der Waals surface area contributed by atoms with Crippen LogP contribution < -0.4 is 21.7 Å². The van der Waals surface area contributed by atoms with Gasteiger partial charge in [-0.3, -0.25) is 24.3 Å². The molecule has 78 heavy (non-hydrogen) atoms. The molecule has 18 nitrogen and oxygen atoms in total. The number of rotatable bonds is 18. The number of carbonyl (C=O) groups is 5. The average molecular weight is 1110 g/mol. The largest absolute Gasteiger partial charge is 0.416 e. The average Bonchev–Trinajstić information content (AvgIpc) is 3.99. The number of carbonyl (C=O) groups excluding carboxylic acids is 5. The summed E-state index contributed by atoms with van der Waals surface area (Å²) in [7, 11) is 7.22. The Kier molecular flexibility index (Phi) is 27.8. The van der Waals surface area contributed by atoms with E-state index in [2.05, 4.69) is 62.4 Å². The Morgan fingerprint density at radius 3 is 2.03 bits per heavy atom. The molecule has 0 radical (unpaired) electrons. The molecule has 436 valence electrons. The maximum Gasteiger partial charge on any atom is 0.416 e. The van der Waals surface area contributed by atoms with Crippen molar-refractivity contribution in [1.29, 1.82) is 0 Å². The first kappa shape index (κ1) is 65.2. The number of nitrogens with one attached hydrogen (secondary N) is 3. The molecule has 1 aromatic carbocycles. The smallest absolute Gasteiger partial charge is 0.378 e. The van der Waals surface area contributed by atoms with Crippen LogP contribution in [0.3, 0.4) is 0 Å². The molecule has 3 amide bonds. The number of alkyl halides is 5. The highest BCUT2D eigenvalue weighted by atomic mass is 19.4. The van der Waals surface area contributed by atoms with Crippen molar-refractivity contribution < 1.29 is 55.4 Å². The summed E-state index contributed by atoms with van der Waals surface area (Å²) in [6.07, 6.45) is 10.5. The molecule has 5 heterocycles. The fourth-order valence-corrected chi connectivity index (χ4v) is 10.3. The van der Waals surface area contributed by atoms with Gasteiger partial charge in [0, 0.05) is 93.4 Å². The van der Waals surface area contributed by atoms with E-state index in [-0.39, 0.29) is 73.1 Å². The highest BCUT2D eigenvalue weighted by Gasteiger charge is 2.50. The number of amides is 3. The number of likely N-dealkylation sites (tertiary alicyclic amines) is 3. The first-order valence-corrected chi connectivity index (χ1v) is 27.2. The molecule has 3 aliphatic heterocycles. The number of halogens is 5. The summed E-state index contributed by atoms with van der Waals surface area (Å²) in [5, 5.41) is 8.91. The molecule has 3 atom stereocenters. The van der Waals surface area contributed by atoms with Gasteiger partial charge < -0.3 is 55.4 Å². The number of piperidine rings is 1. The van der Waals surface area contributed by atoms with Crippen LogP contribution in [0.5, 0.6) is 0 Å². The number of aromatic nitrogens is 3. The number of anilines is 1. The number of benzene rings is 1. The third kappa shape index (κ3) is 20.4. The SMILES string of the molecule is CC(C)N(C)C1CCC(N2CCC(Nc3ncnc4ccc(C(F)(F)F)cc34)C2=O)CC1.CN.CN1CC(C=O)CC1=O.CNCCOCCOCCNC(=O)C1CCN(C2CCC(C=O)CC2)CC1(F)F.c1ccncc1. The van der Waals surface area contributed by atoms with Gasteiger partial charge in [-0.05, 0) is 136 Å². The van der Waals surface area contributed by atoms with Crippen LogP contribution in [0, 0.1) is 17.8 Å². The van der Waals surface area contributed by atoms with Gasteiger partial charge in [0.25, 0.3) is 5.92 Å². The molecule has 8 rings (SSSR count). The third-order valence-corrected chi connectivity index (χ3v) is 15.0. The van der Waals surface area contributed by atoms with E-state index in [1.165, 1.54) is 19.4 Å². The minimum atomic E-state index is -4.45. The second-order valence-electron chi connectivity index (χ2n) is 20.5. The van der Waals surface area contributed by atoms with Crippen LogP contribution in [-0.4, -0.2) is 195 Å². The minimum absolute atomic E-state index is 0.00408. The van der Waals surface area contributed by atoms with E-state index < -0.39 is 35.5 Å². The molecule has 0 spiro atoms. The number of nitrogens with two attached hydrogens (primary N) is 1. The normalized spacial score (nSPS) is 24.2.